The van der Waals surface area contributed by atoms with Gasteiger partial charge in [-0.2, -0.15) is 0 Å². The third-order valence-electron chi connectivity index (χ3n) is 2.93. The van der Waals surface area contributed by atoms with E-state index in [4.69, 9.17) is 10.5 Å². The fourth-order valence-electron chi connectivity index (χ4n) is 1.90. The number of nitrogens with zero attached hydrogens (tertiary/aromatic N) is 4. The number of ether oxygens (including phenoxy) is 1. The summed E-state index contributed by atoms with van der Waals surface area (Å²) >= 11 is 0. The lowest BCUT2D eigenvalue weighted by atomic mass is 10.4. The number of nitrogens with two attached hydrogens (primary N) is 1. The fraction of sp³-hybridized carbons (Fsp3) is 0.600. The Hall–Kier alpha value is -2.00. The minimum absolute atomic E-state index is 0.0892. The van der Waals surface area contributed by atoms with Crippen LogP contribution >= 0.6 is 0 Å². The molecule has 0 atom stereocenters. The van der Waals surface area contributed by atoms with Gasteiger partial charge in [0.2, 0.25) is 0 Å². The van der Waals surface area contributed by atoms with Crippen LogP contribution in [-0.4, -0.2) is 58.4 Å². The van der Waals surface area contributed by atoms with Gasteiger partial charge in [0.1, 0.15) is 6.54 Å². The van der Waals surface area contributed by atoms with Crippen molar-refractivity contribution in [2.45, 2.75) is 6.54 Å². The largest absolute Gasteiger partial charge is 0.379 e. The molecule has 0 radical (unpaired) electrons. The summed E-state index contributed by atoms with van der Waals surface area (Å²) in [5.41, 5.74) is 4.98. The molecule has 104 valence electrons. The number of nitro groups is 1. The third-order valence-corrected chi connectivity index (χ3v) is 2.93. The minimum Gasteiger partial charge on any atom is -0.379 e. The van der Waals surface area contributed by atoms with E-state index in [-0.39, 0.29) is 11.5 Å². The van der Waals surface area contributed by atoms with Gasteiger partial charge in [0.05, 0.1) is 19.3 Å². The van der Waals surface area contributed by atoms with Crippen molar-refractivity contribution < 1.29 is 14.5 Å². The van der Waals surface area contributed by atoms with Gasteiger partial charge in [-0.1, -0.05) is 5.10 Å². The van der Waals surface area contributed by atoms with Crippen molar-refractivity contribution in [2.75, 3.05) is 32.8 Å². The molecule has 1 aromatic heterocycles. The zero-order valence-electron chi connectivity index (χ0n) is 10.3. The summed E-state index contributed by atoms with van der Waals surface area (Å²) in [6, 6.07) is 1.10. The van der Waals surface area contributed by atoms with Gasteiger partial charge in [-0.15, -0.1) is 4.68 Å². The van der Waals surface area contributed by atoms with E-state index in [9.17, 15) is 14.9 Å². The molecule has 2 N–H and O–H groups in total. The molecule has 1 saturated heterocycles. The Kier molecular flexibility index (Phi) is 4.07. The number of carbonyl (C=O) groups is 1. The summed E-state index contributed by atoms with van der Waals surface area (Å²) < 4.78 is 6.42. The Morgan fingerprint density at radius 3 is 2.74 bits per heavy atom. The standard InChI is InChI=1S/C10H15N5O4/c11-10(16)8-7-9(15(17)18)14(12-8)2-1-13-3-5-19-6-4-13/h7H,1-6H2,(H2,11,16). The molecule has 0 bridgehead atoms. The van der Waals surface area contributed by atoms with Crippen LogP contribution in [0.5, 0.6) is 0 Å². The van der Waals surface area contributed by atoms with Crippen LogP contribution in [0.2, 0.25) is 0 Å². The molecule has 2 heterocycles. The first-order valence-corrected chi connectivity index (χ1v) is 5.90. The zero-order chi connectivity index (χ0) is 13.8. The van der Waals surface area contributed by atoms with Gasteiger partial charge in [-0.25, -0.2) is 0 Å². The number of carbonyl (C=O) groups excluding carboxylic acids is 1. The van der Waals surface area contributed by atoms with E-state index in [0.29, 0.717) is 26.3 Å². The summed E-state index contributed by atoms with van der Waals surface area (Å²) in [5.74, 6) is -0.990. The summed E-state index contributed by atoms with van der Waals surface area (Å²) in [7, 11) is 0. The maximum Gasteiger partial charge on any atom is 0.345 e. The van der Waals surface area contributed by atoms with Crippen LogP contribution in [0.3, 0.4) is 0 Å². The molecule has 1 aromatic rings. The van der Waals surface area contributed by atoms with Gasteiger partial charge in [0.15, 0.2) is 5.69 Å². The average Bonchev–Trinajstić information content (AvgIpc) is 2.82. The number of morpholine rings is 1. The lowest BCUT2D eigenvalue weighted by Gasteiger charge is -2.25. The van der Waals surface area contributed by atoms with Crippen LogP contribution in [0.15, 0.2) is 6.07 Å². The first-order valence-electron chi connectivity index (χ1n) is 5.90. The zero-order valence-corrected chi connectivity index (χ0v) is 10.3. The molecule has 9 nitrogen and oxygen atoms in total. The van der Waals surface area contributed by atoms with E-state index in [1.165, 1.54) is 4.68 Å². The molecule has 2 rings (SSSR count). The molecule has 1 aliphatic heterocycles. The van der Waals surface area contributed by atoms with Gasteiger partial charge >= 0.3 is 5.82 Å². The molecule has 0 aliphatic carbocycles. The molecule has 1 fully saturated rings. The average molecular weight is 269 g/mol. The predicted octanol–water partition coefficient (Wildman–Crippen LogP) is -0.778. The van der Waals surface area contributed by atoms with Crippen molar-refractivity contribution in [2.24, 2.45) is 5.73 Å². The first kappa shape index (κ1) is 13.4. The Morgan fingerprint density at radius 2 is 2.16 bits per heavy atom. The van der Waals surface area contributed by atoms with Crippen LogP contribution in [0, 0.1) is 10.1 Å². The molecule has 0 spiro atoms. The molecule has 0 saturated carbocycles. The highest BCUT2D eigenvalue weighted by molar-refractivity contribution is 5.91. The lowest BCUT2D eigenvalue weighted by Crippen LogP contribution is -2.38. The second-order valence-electron chi connectivity index (χ2n) is 4.19. The van der Waals surface area contributed by atoms with E-state index < -0.39 is 10.8 Å². The highest BCUT2D eigenvalue weighted by atomic mass is 16.6. The minimum atomic E-state index is -0.770. The van der Waals surface area contributed by atoms with Gasteiger partial charge in [0.25, 0.3) is 5.91 Å². The van der Waals surface area contributed by atoms with Gasteiger partial charge < -0.3 is 20.6 Å². The molecule has 0 aromatic carbocycles. The molecule has 9 heteroatoms. The Morgan fingerprint density at radius 1 is 1.47 bits per heavy atom. The Balaban J connectivity index is 2.05. The van der Waals surface area contributed by atoms with Crippen LogP contribution < -0.4 is 5.73 Å². The normalized spacial score (nSPS) is 16.4. The summed E-state index contributed by atoms with van der Waals surface area (Å²) in [5, 5.41) is 14.7. The van der Waals surface area contributed by atoms with E-state index >= 15 is 0 Å². The van der Waals surface area contributed by atoms with Gasteiger partial charge in [-0.05, 0) is 4.92 Å². The van der Waals surface area contributed by atoms with Crippen molar-refractivity contribution in [3.63, 3.8) is 0 Å². The highest BCUT2D eigenvalue weighted by Gasteiger charge is 2.22. The SMILES string of the molecule is NC(=O)c1cc([N+](=O)[O-])n(CCN2CCOCC2)n1. The van der Waals surface area contributed by atoms with Crippen LogP contribution in [0.4, 0.5) is 5.82 Å². The van der Waals surface area contributed by atoms with Crippen LogP contribution in [0.1, 0.15) is 10.5 Å². The molecule has 0 unspecified atom stereocenters. The highest BCUT2D eigenvalue weighted by Crippen LogP contribution is 2.13. The lowest BCUT2D eigenvalue weighted by molar-refractivity contribution is -0.392. The number of primary amides is 1. The number of amides is 1. The summed E-state index contributed by atoms with van der Waals surface area (Å²) in [4.78, 5) is 23.4. The van der Waals surface area contributed by atoms with E-state index in [1.807, 2.05) is 0 Å². The number of rotatable bonds is 5. The molecular weight excluding hydrogens is 254 g/mol. The molecule has 19 heavy (non-hydrogen) atoms. The van der Waals surface area contributed by atoms with Gasteiger partial charge in [-0.3, -0.25) is 9.69 Å². The van der Waals surface area contributed by atoms with E-state index in [1.54, 1.807) is 0 Å². The quantitative estimate of drug-likeness (QED) is 0.553. The van der Waals surface area contributed by atoms with Crippen LogP contribution in [-0.2, 0) is 11.3 Å². The second kappa shape index (κ2) is 5.76. The van der Waals surface area contributed by atoms with Crippen LogP contribution in [0.25, 0.3) is 0 Å². The summed E-state index contributed by atoms with van der Waals surface area (Å²) in [6.45, 7) is 3.85. The number of hydrogen-bond acceptors (Lipinski definition) is 6. The van der Waals surface area contributed by atoms with E-state index in [2.05, 4.69) is 10.00 Å². The predicted molar refractivity (Wildman–Crippen MR) is 64.7 cm³/mol. The smallest absolute Gasteiger partial charge is 0.345 e. The molecular formula is C10H15N5O4. The van der Waals surface area contributed by atoms with E-state index in [0.717, 1.165) is 19.2 Å². The van der Waals surface area contributed by atoms with Crippen molar-refractivity contribution in [1.82, 2.24) is 14.7 Å². The first-order chi connectivity index (χ1) is 9.08. The summed E-state index contributed by atoms with van der Waals surface area (Å²) in [6.07, 6.45) is 0. The fourth-order valence-corrected chi connectivity index (χ4v) is 1.90. The topological polar surface area (TPSA) is 117 Å². The number of aromatic nitrogens is 2. The maximum atomic E-state index is 11.0. The monoisotopic (exact) mass is 269 g/mol. The Labute approximate surface area is 109 Å². The van der Waals surface area contributed by atoms with Gasteiger partial charge in [0, 0.05) is 19.6 Å². The maximum absolute atomic E-state index is 11.0. The number of hydrogen-bond donors (Lipinski definition) is 1. The molecule has 1 amide bonds. The molecule has 1 aliphatic rings. The van der Waals surface area contributed by atoms with Crippen molar-refractivity contribution in [3.8, 4) is 0 Å². The third kappa shape index (κ3) is 3.26. The Bertz CT molecular complexity index is 480. The second-order valence-corrected chi connectivity index (χ2v) is 4.19. The van der Waals surface area contributed by atoms with Crippen molar-refractivity contribution in [3.05, 3.63) is 21.9 Å². The van der Waals surface area contributed by atoms with Crippen molar-refractivity contribution in [1.29, 1.82) is 0 Å². The van der Waals surface area contributed by atoms with Crippen molar-refractivity contribution >= 4 is 11.7 Å².